The summed E-state index contributed by atoms with van der Waals surface area (Å²) in [6, 6.07) is 28.6. The number of aromatic amines is 1. The molecular formula is C32H29N3O3. The number of hydrogen-bond acceptors (Lipinski definition) is 4. The number of fused-ring (bicyclic) bond motifs is 4. The smallest absolute Gasteiger partial charge is 0.416 e. The van der Waals surface area contributed by atoms with Crippen molar-refractivity contribution in [3.63, 3.8) is 0 Å². The van der Waals surface area contributed by atoms with Crippen molar-refractivity contribution < 1.29 is 14.3 Å². The van der Waals surface area contributed by atoms with Gasteiger partial charge in [0.05, 0.1) is 17.9 Å². The predicted molar refractivity (Wildman–Crippen MR) is 147 cm³/mol. The molecule has 0 bridgehead atoms. The van der Waals surface area contributed by atoms with Gasteiger partial charge in [0.1, 0.15) is 18.0 Å². The minimum atomic E-state index is -0.608. The molecule has 38 heavy (non-hydrogen) atoms. The number of rotatable bonds is 4. The molecule has 1 N–H and O–H groups in total. The van der Waals surface area contributed by atoms with Gasteiger partial charge >= 0.3 is 6.09 Å². The van der Waals surface area contributed by atoms with Gasteiger partial charge in [-0.2, -0.15) is 5.26 Å². The number of benzene rings is 3. The van der Waals surface area contributed by atoms with Crippen molar-refractivity contribution in [3.05, 3.63) is 101 Å². The molecule has 3 aromatic carbocycles. The molecule has 1 aliphatic heterocycles. The fraction of sp³-hybridized carbons (Fsp3) is 0.250. The van der Waals surface area contributed by atoms with Crippen LogP contribution in [0.2, 0.25) is 0 Å². The van der Waals surface area contributed by atoms with E-state index >= 15 is 0 Å². The molecule has 0 radical (unpaired) electrons. The van der Waals surface area contributed by atoms with Crippen LogP contribution in [-0.4, -0.2) is 23.9 Å². The zero-order chi connectivity index (χ0) is 26.4. The van der Waals surface area contributed by atoms with Gasteiger partial charge in [0.25, 0.3) is 0 Å². The van der Waals surface area contributed by atoms with Crippen LogP contribution < -0.4 is 4.90 Å². The Morgan fingerprint density at radius 1 is 1.03 bits per heavy atom. The molecule has 6 heteroatoms. The van der Waals surface area contributed by atoms with Gasteiger partial charge < -0.3 is 14.5 Å². The van der Waals surface area contributed by atoms with Crippen LogP contribution in [0.5, 0.6) is 0 Å². The van der Waals surface area contributed by atoms with Crippen LogP contribution in [0.15, 0.2) is 78.9 Å². The molecule has 190 valence electrons. The predicted octanol–water partition coefficient (Wildman–Crippen LogP) is 7.31. The van der Waals surface area contributed by atoms with Crippen LogP contribution in [0.25, 0.3) is 22.4 Å². The second-order valence-corrected chi connectivity index (χ2v) is 10.4. The standard InChI is InChI=1S/C32H29N3O3/c1-20-35(30-15-12-21(18-28(30)32(2,3)38-20)29-14-13-22(19-33)34-29)31(36)37-17-16-27-25-10-6-4-8-23(25)24-9-5-7-11-26(24)27/h4-15,18,20,27,34H,16-17H2,1-3H3. The molecule has 0 saturated heterocycles. The number of ether oxygens (including phenoxy) is 2. The van der Waals surface area contributed by atoms with E-state index in [-0.39, 0.29) is 5.92 Å². The van der Waals surface area contributed by atoms with Crippen LogP contribution >= 0.6 is 0 Å². The Morgan fingerprint density at radius 2 is 1.71 bits per heavy atom. The van der Waals surface area contributed by atoms with Crippen molar-refractivity contribution >= 4 is 11.8 Å². The van der Waals surface area contributed by atoms with Gasteiger partial charge in [0.15, 0.2) is 0 Å². The SMILES string of the molecule is CC1OC(C)(C)c2cc(-c3ccc(C#N)[nH]3)ccc2N1C(=O)OCCC1c2ccccc2-c2ccccc21. The minimum Gasteiger partial charge on any atom is -0.449 e. The summed E-state index contributed by atoms with van der Waals surface area (Å²) in [7, 11) is 0. The van der Waals surface area contributed by atoms with Gasteiger partial charge in [-0.3, -0.25) is 4.90 Å². The van der Waals surface area contributed by atoms with E-state index in [1.54, 1.807) is 11.0 Å². The highest BCUT2D eigenvalue weighted by atomic mass is 16.6. The molecule has 0 fully saturated rings. The normalized spacial score (nSPS) is 17.3. The second-order valence-electron chi connectivity index (χ2n) is 10.4. The van der Waals surface area contributed by atoms with Crippen LogP contribution in [0.3, 0.4) is 0 Å². The average molecular weight is 504 g/mol. The number of H-pyrrole nitrogens is 1. The number of amides is 1. The molecule has 2 heterocycles. The molecule has 0 saturated carbocycles. The van der Waals surface area contributed by atoms with Gasteiger partial charge in [-0.25, -0.2) is 4.79 Å². The summed E-state index contributed by atoms with van der Waals surface area (Å²) >= 11 is 0. The van der Waals surface area contributed by atoms with Crippen LogP contribution in [-0.2, 0) is 15.1 Å². The van der Waals surface area contributed by atoms with Crippen molar-refractivity contribution in [2.45, 2.75) is 44.9 Å². The van der Waals surface area contributed by atoms with E-state index in [1.165, 1.54) is 22.3 Å². The number of nitriles is 1. The van der Waals surface area contributed by atoms with Crippen LogP contribution in [0.4, 0.5) is 10.5 Å². The quantitative estimate of drug-likeness (QED) is 0.317. The molecule has 1 aromatic heterocycles. The topological polar surface area (TPSA) is 78.4 Å². The zero-order valence-electron chi connectivity index (χ0n) is 21.7. The number of aromatic nitrogens is 1. The van der Waals surface area contributed by atoms with Crippen molar-refractivity contribution in [1.82, 2.24) is 4.98 Å². The third kappa shape index (κ3) is 3.96. The highest BCUT2D eigenvalue weighted by Crippen LogP contribution is 2.46. The van der Waals surface area contributed by atoms with Crippen molar-refractivity contribution in [1.29, 1.82) is 5.26 Å². The lowest BCUT2D eigenvalue weighted by Gasteiger charge is -2.43. The molecule has 2 aliphatic rings. The number of nitrogens with one attached hydrogen (secondary N) is 1. The van der Waals surface area contributed by atoms with Crippen LogP contribution in [0.1, 0.15) is 55.5 Å². The molecule has 4 aromatic rings. The summed E-state index contributed by atoms with van der Waals surface area (Å²) in [4.78, 5) is 18.1. The number of carbonyl (C=O) groups excluding carboxylic acids is 1. The molecule has 6 rings (SSSR count). The molecule has 1 amide bonds. The lowest BCUT2D eigenvalue weighted by Crippen LogP contribution is -2.49. The van der Waals surface area contributed by atoms with E-state index in [4.69, 9.17) is 9.47 Å². The summed E-state index contributed by atoms with van der Waals surface area (Å²) in [5.74, 6) is 0.193. The fourth-order valence-corrected chi connectivity index (χ4v) is 5.91. The Morgan fingerprint density at radius 3 is 2.37 bits per heavy atom. The number of anilines is 1. The third-order valence-corrected chi connectivity index (χ3v) is 7.64. The van der Waals surface area contributed by atoms with Gasteiger partial charge in [-0.15, -0.1) is 0 Å². The van der Waals surface area contributed by atoms with Crippen molar-refractivity contribution in [2.24, 2.45) is 0 Å². The Bertz CT molecular complexity index is 1530. The molecule has 1 aliphatic carbocycles. The second kappa shape index (κ2) is 9.20. The summed E-state index contributed by atoms with van der Waals surface area (Å²) < 4.78 is 12.2. The number of carbonyl (C=O) groups is 1. The average Bonchev–Trinajstić information content (AvgIpc) is 3.52. The van der Waals surface area contributed by atoms with Gasteiger partial charge in [0.2, 0.25) is 0 Å². The van der Waals surface area contributed by atoms with E-state index in [0.29, 0.717) is 18.7 Å². The molecule has 0 spiro atoms. The van der Waals surface area contributed by atoms with Crippen molar-refractivity contribution in [2.75, 3.05) is 11.5 Å². The molecule has 1 atom stereocenters. The van der Waals surface area contributed by atoms with Crippen LogP contribution in [0, 0.1) is 11.3 Å². The number of nitrogens with zero attached hydrogens (tertiary/aromatic N) is 2. The maximum atomic E-state index is 13.4. The summed E-state index contributed by atoms with van der Waals surface area (Å²) in [5, 5.41) is 9.18. The van der Waals surface area contributed by atoms with E-state index in [2.05, 4.69) is 59.6 Å². The lowest BCUT2D eigenvalue weighted by molar-refractivity contribution is -0.0766. The monoisotopic (exact) mass is 503 g/mol. The van der Waals surface area contributed by atoms with E-state index < -0.39 is 17.9 Å². The number of hydrogen-bond donors (Lipinski definition) is 1. The minimum absolute atomic E-state index is 0.193. The first kappa shape index (κ1) is 24.0. The fourth-order valence-electron chi connectivity index (χ4n) is 5.91. The Kier molecular flexibility index (Phi) is 5.81. The summed E-state index contributed by atoms with van der Waals surface area (Å²) in [6.07, 6.45) is -0.207. The van der Waals surface area contributed by atoms with E-state index in [0.717, 1.165) is 22.5 Å². The Hall–Kier alpha value is -4.34. The third-order valence-electron chi connectivity index (χ3n) is 7.64. The van der Waals surface area contributed by atoms with Gasteiger partial charge in [-0.1, -0.05) is 54.6 Å². The molecule has 6 nitrogen and oxygen atoms in total. The van der Waals surface area contributed by atoms with E-state index in [1.807, 2.05) is 45.0 Å². The maximum absolute atomic E-state index is 13.4. The lowest BCUT2D eigenvalue weighted by atomic mass is 9.91. The summed E-state index contributed by atoms with van der Waals surface area (Å²) in [6.45, 7) is 6.16. The maximum Gasteiger partial charge on any atom is 0.416 e. The Labute approximate surface area is 222 Å². The first-order chi connectivity index (χ1) is 18.4. The first-order valence-electron chi connectivity index (χ1n) is 12.9. The summed E-state index contributed by atoms with van der Waals surface area (Å²) in [5.41, 5.74) is 8.38. The highest BCUT2D eigenvalue weighted by Gasteiger charge is 2.40. The molecular weight excluding hydrogens is 474 g/mol. The van der Waals surface area contributed by atoms with Crippen molar-refractivity contribution in [3.8, 4) is 28.5 Å². The molecule has 1 unspecified atom stereocenters. The largest absolute Gasteiger partial charge is 0.449 e. The Balaban J connectivity index is 1.23. The first-order valence-corrected chi connectivity index (χ1v) is 12.9. The highest BCUT2D eigenvalue weighted by molar-refractivity contribution is 5.90. The van der Waals surface area contributed by atoms with Gasteiger partial charge in [0, 0.05) is 17.2 Å². The zero-order valence-corrected chi connectivity index (χ0v) is 21.7. The van der Waals surface area contributed by atoms with Gasteiger partial charge in [-0.05, 0) is 79.3 Å². The van der Waals surface area contributed by atoms with E-state index in [9.17, 15) is 10.1 Å².